The molecule has 0 radical (unpaired) electrons. The van der Waals surface area contributed by atoms with Crippen molar-refractivity contribution in [3.63, 3.8) is 0 Å². The molecule has 2 aliphatic carbocycles. The van der Waals surface area contributed by atoms with Gasteiger partial charge in [0.2, 0.25) is 0 Å². The summed E-state index contributed by atoms with van der Waals surface area (Å²) in [5.41, 5.74) is 5.22. The molecule has 2 aliphatic rings. The topological polar surface area (TPSA) is 0 Å². The summed E-state index contributed by atoms with van der Waals surface area (Å²) in [5, 5.41) is 0. The molecule has 0 spiro atoms. The second kappa shape index (κ2) is 8.59. The highest BCUT2D eigenvalue weighted by molar-refractivity contribution is 5.70. The van der Waals surface area contributed by atoms with Crippen molar-refractivity contribution in [3.05, 3.63) is 76.4 Å². The van der Waals surface area contributed by atoms with E-state index in [2.05, 4.69) is 37.3 Å². The van der Waals surface area contributed by atoms with Gasteiger partial charge in [0, 0.05) is 6.07 Å². The van der Waals surface area contributed by atoms with Crippen LogP contribution in [0, 0.1) is 17.6 Å². The van der Waals surface area contributed by atoms with Gasteiger partial charge >= 0.3 is 0 Å². The molecule has 148 valence electrons. The molecular formula is C26H30F2. The first-order valence-electron chi connectivity index (χ1n) is 10.9. The lowest BCUT2D eigenvalue weighted by Crippen LogP contribution is -2.13. The van der Waals surface area contributed by atoms with E-state index in [0.29, 0.717) is 24.3 Å². The summed E-state index contributed by atoms with van der Waals surface area (Å²) in [6, 6.07) is 11.4. The van der Waals surface area contributed by atoms with Crippen molar-refractivity contribution >= 4 is 5.57 Å². The molecule has 0 bridgehead atoms. The van der Waals surface area contributed by atoms with E-state index in [4.69, 9.17) is 0 Å². The number of hydrogen-bond acceptors (Lipinski definition) is 0. The average Bonchev–Trinajstić information content (AvgIpc) is 2.72. The van der Waals surface area contributed by atoms with Crippen LogP contribution in [0.1, 0.15) is 80.0 Å². The van der Waals surface area contributed by atoms with Crippen LogP contribution >= 0.6 is 0 Å². The summed E-state index contributed by atoms with van der Waals surface area (Å²) in [5.74, 6) is 0.720. The number of allylic oxidation sites excluding steroid dienone is 2. The highest BCUT2D eigenvalue weighted by Gasteiger charge is 2.22. The normalized spacial score (nSPS) is 21.9. The molecule has 0 heterocycles. The van der Waals surface area contributed by atoms with Gasteiger partial charge < -0.3 is 0 Å². The zero-order chi connectivity index (χ0) is 19.5. The van der Waals surface area contributed by atoms with Gasteiger partial charge in [-0.25, -0.2) is 8.78 Å². The van der Waals surface area contributed by atoms with Crippen LogP contribution in [0.4, 0.5) is 8.78 Å². The van der Waals surface area contributed by atoms with Crippen molar-refractivity contribution in [3.8, 4) is 0 Å². The van der Waals surface area contributed by atoms with Crippen LogP contribution < -0.4 is 0 Å². The van der Waals surface area contributed by atoms with Gasteiger partial charge in [0.15, 0.2) is 0 Å². The Bertz CT molecular complexity index is 839. The molecule has 0 aromatic heterocycles. The summed E-state index contributed by atoms with van der Waals surface area (Å²) in [4.78, 5) is 0. The van der Waals surface area contributed by atoms with Gasteiger partial charge in [-0.3, -0.25) is 0 Å². The van der Waals surface area contributed by atoms with Crippen molar-refractivity contribution in [2.24, 2.45) is 5.92 Å². The summed E-state index contributed by atoms with van der Waals surface area (Å²) in [7, 11) is 0. The molecule has 2 heteroatoms. The molecule has 0 saturated heterocycles. The number of halogens is 2. The van der Waals surface area contributed by atoms with Gasteiger partial charge in [-0.1, -0.05) is 56.5 Å². The van der Waals surface area contributed by atoms with Crippen molar-refractivity contribution in [2.75, 3.05) is 0 Å². The monoisotopic (exact) mass is 380 g/mol. The number of hydrogen-bond donors (Lipinski definition) is 0. The third-order valence-electron chi connectivity index (χ3n) is 6.75. The molecule has 4 rings (SSSR count). The van der Waals surface area contributed by atoms with Crippen LogP contribution in [0.2, 0.25) is 0 Å². The van der Waals surface area contributed by atoms with Crippen LogP contribution in [0.15, 0.2) is 42.5 Å². The van der Waals surface area contributed by atoms with E-state index in [1.807, 2.05) is 0 Å². The standard InChI is InChI=1S/C26H30F2/c1-2-3-4-18-5-7-19(8-6-18)20-9-11-21(12-10-20)22-13-14-25-23(15-22)16-24(27)17-26(25)28/h9-13,16-19H,2-8,14-15H2,1H3. The molecule has 1 saturated carbocycles. The van der Waals surface area contributed by atoms with E-state index in [-0.39, 0.29) is 0 Å². The molecule has 0 unspecified atom stereocenters. The molecule has 0 N–H and O–H groups in total. The minimum absolute atomic E-state index is 0.421. The number of benzene rings is 2. The van der Waals surface area contributed by atoms with Gasteiger partial charge in [0.25, 0.3) is 0 Å². The Morgan fingerprint density at radius 3 is 2.43 bits per heavy atom. The van der Waals surface area contributed by atoms with Gasteiger partial charge in [0.1, 0.15) is 11.6 Å². The Hall–Kier alpha value is -1.96. The largest absolute Gasteiger partial charge is 0.207 e. The van der Waals surface area contributed by atoms with Gasteiger partial charge in [-0.15, -0.1) is 0 Å². The quantitative estimate of drug-likeness (QED) is 0.501. The SMILES string of the molecule is CCCCC1CCC(c2ccc(C3=CCc4c(F)cc(F)cc4C3)cc2)CC1. The van der Waals surface area contributed by atoms with Gasteiger partial charge in [0.05, 0.1) is 0 Å². The molecule has 0 atom stereocenters. The molecule has 0 nitrogen and oxygen atoms in total. The minimum Gasteiger partial charge on any atom is -0.207 e. The van der Waals surface area contributed by atoms with E-state index in [0.717, 1.165) is 17.5 Å². The lowest BCUT2D eigenvalue weighted by atomic mass is 9.77. The van der Waals surface area contributed by atoms with E-state index >= 15 is 0 Å². The minimum atomic E-state index is -0.484. The van der Waals surface area contributed by atoms with E-state index in [1.165, 1.54) is 67.7 Å². The van der Waals surface area contributed by atoms with Crippen molar-refractivity contribution in [1.29, 1.82) is 0 Å². The summed E-state index contributed by atoms with van der Waals surface area (Å²) >= 11 is 0. The van der Waals surface area contributed by atoms with Crippen LogP contribution in [-0.4, -0.2) is 0 Å². The number of rotatable bonds is 5. The maximum Gasteiger partial charge on any atom is 0.129 e. The molecule has 0 aliphatic heterocycles. The highest BCUT2D eigenvalue weighted by Crippen LogP contribution is 2.38. The predicted molar refractivity (Wildman–Crippen MR) is 112 cm³/mol. The Kier molecular flexibility index (Phi) is 5.94. The molecule has 2 aromatic carbocycles. The van der Waals surface area contributed by atoms with Gasteiger partial charge in [-0.05, 0) is 84.3 Å². The lowest BCUT2D eigenvalue weighted by molar-refractivity contribution is 0.304. The smallest absolute Gasteiger partial charge is 0.129 e. The van der Waals surface area contributed by atoms with E-state index < -0.39 is 11.6 Å². The maximum absolute atomic E-state index is 13.9. The fourth-order valence-electron chi connectivity index (χ4n) is 5.01. The molecule has 1 fully saturated rings. The zero-order valence-electron chi connectivity index (χ0n) is 16.8. The fraction of sp³-hybridized carbons (Fsp3) is 0.462. The van der Waals surface area contributed by atoms with Gasteiger partial charge in [-0.2, -0.15) is 0 Å². The molecule has 28 heavy (non-hydrogen) atoms. The second-order valence-corrected chi connectivity index (χ2v) is 8.62. The first-order chi connectivity index (χ1) is 13.6. The Balaban J connectivity index is 1.41. The highest BCUT2D eigenvalue weighted by atomic mass is 19.1. The summed E-state index contributed by atoms with van der Waals surface area (Å²) in [6.45, 7) is 2.28. The Labute approximate surface area is 167 Å². The Morgan fingerprint density at radius 1 is 0.964 bits per heavy atom. The van der Waals surface area contributed by atoms with Crippen LogP contribution in [0.25, 0.3) is 5.57 Å². The molecule has 0 amide bonds. The fourth-order valence-corrected chi connectivity index (χ4v) is 5.01. The van der Waals surface area contributed by atoms with Crippen molar-refractivity contribution in [1.82, 2.24) is 0 Å². The maximum atomic E-state index is 13.9. The van der Waals surface area contributed by atoms with E-state index in [9.17, 15) is 8.78 Å². The first kappa shape index (κ1) is 19.4. The lowest BCUT2D eigenvalue weighted by Gasteiger charge is -2.29. The molecular weight excluding hydrogens is 350 g/mol. The van der Waals surface area contributed by atoms with Crippen LogP contribution in [0.5, 0.6) is 0 Å². The average molecular weight is 381 g/mol. The third-order valence-corrected chi connectivity index (χ3v) is 6.75. The zero-order valence-corrected chi connectivity index (χ0v) is 16.8. The number of fused-ring (bicyclic) bond motifs is 1. The van der Waals surface area contributed by atoms with Crippen LogP contribution in [0.3, 0.4) is 0 Å². The summed E-state index contributed by atoms with van der Waals surface area (Å²) < 4.78 is 27.5. The Morgan fingerprint density at radius 2 is 1.71 bits per heavy atom. The predicted octanol–water partition coefficient (Wildman–Crippen LogP) is 7.61. The molecule has 2 aromatic rings. The number of unbranched alkanes of at least 4 members (excludes halogenated alkanes) is 1. The van der Waals surface area contributed by atoms with Crippen molar-refractivity contribution in [2.45, 2.75) is 70.6 Å². The van der Waals surface area contributed by atoms with E-state index in [1.54, 1.807) is 0 Å². The second-order valence-electron chi connectivity index (χ2n) is 8.62. The van der Waals surface area contributed by atoms with Crippen molar-refractivity contribution < 1.29 is 8.78 Å². The summed E-state index contributed by atoms with van der Waals surface area (Å²) in [6.07, 6.45) is 12.7. The first-order valence-corrected chi connectivity index (χ1v) is 10.9. The third kappa shape index (κ3) is 4.21. The van der Waals surface area contributed by atoms with Crippen LogP contribution in [-0.2, 0) is 12.8 Å².